The van der Waals surface area contributed by atoms with E-state index in [4.69, 9.17) is 4.74 Å². The molecule has 1 unspecified atom stereocenters. The molecule has 1 amide bonds. The highest BCUT2D eigenvalue weighted by Crippen LogP contribution is 2.37. The van der Waals surface area contributed by atoms with Gasteiger partial charge in [0.15, 0.2) is 0 Å². The summed E-state index contributed by atoms with van der Waals surface area (Å²) in [4.78, 5) is 22.3. The van der Waals surface area contributed by atoms with Crippen molar-refractivity contribution in [2.24, 2.45) is 5.92 Å². The smallest absolute Gasteiger partial charge is 0.268 e. The molecule has 7 nitrogen and oxygen atoms in total. The van der Waals surface area contributed by atoms with E-state index < -0.39 is 0 Å². The van der Waals surface area contributed by atoms with E-state index in [1.54, 1.807) is 18.5 Å². The molecule has 3 aromatic heterocycles. The van der Waals surface area contributed by atoms with Crippen molar-refractivity contribution >= 4 is 27.8 Å². The summed E-state index contributed by atoms with van der Waals surface area (Å²) in [6, 6.07) is 12.2. The Labute approximate surface area is 180 Å². The monoisotopic (exact) mass is 415 g/mol. The van der Waals surface area contributed by atoms with E-state index in [-0.39, 0.29) is 12.0 Å². The molecule has 0 bridgehead atoms. The number of nitrogens with one attached hydrogen (secondary N) is 1. The number of ether oxygens (including phenoxy) is 1. The van der Waals surface area contributed by atoms with Crippen LogP contribution in [0.1, 0.15) is 36.2 Å². The van der Waals surface area contributed by atoms with Crippen LogP contribution >= 0.6 is 0 Å². The Hall–Kier alpha value is -3.19. The standard InChI is InChI=1S/C24H25N5O2/c30-23(27-14-17-5-3-12-31-17)21-13-20-22(29(21)24-25-10-4-11-26-24)18-6-1-2-7-19(18)28(20)15-16-8-9-16/h1-2,4,6-7,10-11,13,16-17H,3,5,8-9,12,14-15H2,(H,27,30). The third-order valence-electron chi connectivity index (χ3n) is 6.36. The summed E-state index contributed by atoms with van der Waals surface area (Å²) in [7, 11) is 0. The van der Waals surface area contributed by atoms with Crippen molar-refractivity contribution in [1.82, 2.24) is 24.4 Å². The molecule has 1 aliphatic carbocycles. The van der Waals surface area contributed by atoms with Gasteiger partial charge in [-0.2, -0.15) is 0 Å². The number of carbonyl (C=O) groups excluding carboxylic acids is 1. The van der Waals surface area contributed by atoms with Crippen molar-refractivity contribution < 1.29 is 9.53 Å². The topological polar surface area (TPSA) is 74.0 Å². The number of rotatable bonds is 6. The normalized spacial score (nSPS) is 18.8. The number of para-hydroxylation sites is 1. The number of hydrogen-bond acceptors (Lipinski definition) is 4. The lowest BCUT2D eigenvalue weighted by molar-refractivity contribution is 0.0852. The lowest BCUT2D eigenvalue weighted by Crippen LogP contribution is -2.33. The number of fused-ring (bicyclic) bond motifs is 3. The lowest BCUT2D eigenvalue weighted by atomic mass is 10.2. The predicted octanol–water partition coefficient (Wildman–Crippen LogP) is 3.69. The van der Waals surface area contributed by atoms with Crippen LogP contribution in [0, 0.1) is 5.92 Å². The van der Waals surface area contributed by atoms with Crippen LogP contribution in [0.15, 0.2) is 48.8 Å². The highest BCUT2D eigenvalue weighted by Gasteiger charge is 2.28. The number of hydrogen-bond donors (Lipinski definition) is 1. The van der Waals surface area contributed by atoms with Crippen LogP contribution in [0.25, 0.3) is 27.9 Å². The number of amides is 1. The van der Waals surface area contributed by atoms with Crippen LogP contribution in [0.3, 0.4) is 0 Å². The maximum atomic E-state index is 13.3. The summed E-state index contributed by atoms with van der Waals surface area (Å²) in [5.74, 6) is 1.10. The fourth-order valence-corrected chi connectivity index (χ4v) is 4.64. The fraction of sp³-hybridized carbons (Fsp3) is 0.375. The highest BCUT2D eigenvalue weighted by atomic mass is 16.5. The number of aromatic nitrogens is 4. The van der Waals surface area contributed by atoms with Gasteiger partial charge in [0, 0.05) is 37.5 Å². The number of carbonyl (C=O) groups is 1. The molecule has 6 rings (SSSR count). The van der Waals surface area contributed by atoms with E-state index in [1.807, 2.05) is 16.7 Å². The third kappa shape index (κ3) is 3.29. The minimum Gasteiger partial charge on any atom is -0.376 e. The van der Waals surface area contributed by atoms with Crippen molar-refractivity contribution in [3.63, 3.8) is 0 Å². The van der Waals surface area contributed by atoms with Crippen LogP contribution in [0.5, 0.6) is 0 Å². The Morgan fingerprint density at radius 1 is 1.10 bits per heavy atom. The van der Waals surface area contributed by atoms with E-state index in [1.165, 1.54) is 18.4 Å². The largest absolute Gasteiger partial charge is 0.376 e. The van der Waals surface area contributed by atoms with E-state index in [0.717, 1.165) is 42.4 Å². The second kappa shape index (κ2) is 7.50. The van der Waals surface area contributed by atoms with Gasteiger partial charge >= 0.3 is 0 Å². The van der Waals surface area contributed by atoms with E-state index in [9.17, 15) is 4.79 Å². The second-order valence-electron chi connectivity index (χ2n) is 8.56. The second-order valence-corrected chi connectivity index (χ2v) is 8.56. The summed E-state index contributed by atoms with van der Waals surface area (Å²) >= 11 is 0. The molecule has 1 aromatic carbocycles. The van der Waals surface area contributed by atoms with Gasteiger partial charge in [-0.25, -0.2) is 9.97 Å². The Morgan fingerprint density at radius 3 is 2.71 bits per heavy atom. The Kier molecular flexibility index (Phi) is 4.49. The molecule has 1 saturated carbocycles. The van der Waals surface area contributed by atoms with Gasteiger partial charge in [0.25, 0.3) is 5.91 Å². The molecule has 1 saturated heterocycles. The molecule has 1 N–H and O–H groups in total. The summed E-state index contributed by atoms with van der Waals surface area (Å²) < 4.78 is 9.94. The van der Waals surface area contributed by atoms with Gasteiger partial charge in [0.05, 0.1) is 22.7 Å². The maximum Gasteiger partial charge on any atom is 0.268 e. The zero-order valence-electron chi connectivity index (χ0n) is 17.3. The van der Waals surface area contributed by atoms with Gasteiger partial charge in [0.1, 0.15) is 5.69 Å². The number of nitrogens with zero attached hydrogens (tertiary/aromatic N) is 4. The lowest BCUT2D eigenvalue weighted by Gasteiger charge is -2.12. The van der Waals surface area contributed by atoms with Gasteiger partial charge in [-0.05, 0) is 49.8 Å². The molecule has 0 radical (unpaired) electrons. The van der Waals surface area contributed by atoms with Crippen molar-refractivity contribution in [1.29, 1.82) is 0 Å². The van der Waals surface area contributed by atoms with Crippen molar-refractivity contribution in [3.8, 4) is 5.95 Å². The van der Waals surface area contributed by atoms with Crippen LogP contribution in [0.2, 0.25) is 0 Å². The molecule has 4 aromatic rings. The van der Waals surface area contributed by atoms with Gasteiger partial charge in [0.2, 0.25) is 5.95 Å². The van der Waals surface area contributed by atoms with Crippen LogP contribution < -0.4 is 5.32 Å². The Morgan fingerprint density at radius 2 is 1.94 bits per heavy atom. The van der Waals surface area contributed by atoms with Crippen molar-refractivity contribution in [3.05, 3.63) is 54.5 Å². The minimum atomic E-state index is -0.124. The third-order valence-corrected chi connectivity index (χ3v) is 6.36. The summed E-state index contributed by atoms with van der Waals surface area (Å²) in [5, 5.41) is 4.19. The molecule has 1 aliphatic heterocycles. The summed E-state index contributed by atoms with van der Waals surface area (Å²) in [6.07, 6.45) is 8.10. The Balaban J connectivity index is 1.51. The highest BCUT2D eigenvalue weighted by molar-refractivity contribution is 6.10. The van der Waals surface area contributed by atoms with Crippen LogP contribution in [0.4, 0.5) is 0 Å². The van der Waals surface area contributed by atoms with Crippen LogP contribution in [-0.4, -0.2) is 44.3 Å². The van der Waals surface area contributed by atoms with Crippen molar-refractivity contribution in [2.45, 2.75) is 38.3 Å². The Bertz CT molecular complexity index is 1250. The molecule has 1 atom stereocenters. The van der Waals surface area contributed by atoms with Gasteiger partial charge in [-0.1, -0.05) is 18.2 Å². The first-order valence-electron chi connectivity index (χ1n) is 11.1. The van der Waals surface area contributed by atoms with Gasteiger partial charge in [-0.3, -0.25) is 9.36 Å². The quantitative estimate of drug-likeness (QED) is 0.521. The van der Waals surface area contributed by atoms with Gasteiger partial charge in [-0.15, -0.1) is 0 Å². The molecule has 7 heteroatoms. The maximum absolute atomic E-state index is 13.3. The zero-order valence-corrected chi connectivity index (χ0v) is 17.3. The van der Waals surface area contributed by atoms with E-state index in [0.29, 0.717) is 24.1 Å². The molecule has 158 valence electrons. The molecule has 4 heterocycles. The average Bonchev–Trinajstić information content (AvgIpc) is 3.22. The molecule has 2 fully saturated rings. The molecule has 2 aliphatic rings. The average molecular weight is 415 g/mol. The molecular weight excluding hydrogens is 390 g/mol. The minimum absolute atomic E-state index is 0.0966. The molecular formula is C24H25N5O2. The zero-order chi connectivity index (χ0) is 20.8. The fourth-order valence-electron chi connectivity index (χ4n) is 4.64. The number of benzene rings is 1. The van der Waals surface area contributed by atoms with Crippen LogP contribution in [-0.2, 0) is 11.3 Å². The van der Waals surface area contributed by atoms with Gasteiger partial charge < -0.3 is 14.6 Å². The van der Waals surface area contributed by atoms with E-state index >= 15 is 0 Å². The summed E-state index contributed by atoms with van der Waals surface area (Å²) in [5.41, 5.74) is 3.80. The van der Waals surface area contributed by atoms with Crippen molar-refractivity contribution in [2.75, 3.05) is 13.2 Å². The van der Waals surface area contributed by atoms with E-state index in [2.05, 4.69) is 38.1 Å². The first-order chi connectivity index (χ1) is 15.3. The SMILES string of the molecule is O=C(NCC1CCCO1)c1cc2c(c3ccccc3n2CC2CC2)n1-c1ncccn1. The molecule has 0 spiro atoms. The molecule has 31 heavy (non-hydrogen) atoms. The first-order valence-corrected chi connectivity index (χ1v) is 11.1. The summed E-state index contributed by atoms with van der Waals surface area (Å²) in [6.45, 7) is 2.27. The predicted molar refractivity (Wildman–Crippen MR) is 118 cm³/mol. The first kappa shape index (κ1) is 18.6.